The van der Waals surface area contributed by atoms with Crippen molar-refractivity contribution in [1.29, 1.82) is 0 Å². The largest absolute Gasteiger partial charge is 0.386 e. The fourth-order valence-electron chi connectivity index (χ4n) is 1.45. The Balaban J connectivity index is 2.97. The second kappa shape index (κ2) is 6.26. The van der Waals surface area contributed by atoms with E-state index >= 15 is 0 Å². The second-order valence-corrected chi connectivity index (χ2v) is 7.39. The predicted octanol–water partition coefficient (Wildman–Crippen LogP) is 3.41. The van der Waals surface area contributed by atoms with Gasteiger partial charge in [-0.15, -0.1) is 0 Å². The van der Waals surface area contributed by atoms with Gasteiger partial charge in [-0.1, -0.05) is 71.3 Å². The maximum Gasteiger partial charge on any atom is 0.386 e. The van der Waals surface area contributed by atoms with Crippen LogP contribution >= 0.6 is 58.0 Å². The first-order chi connectivity index (χ1) is 8.63. The Morgan fingerprint density at radius 2 is 1.95 bits per heavy atom. The lowest BCUT2D eigenvalue weighted by Gasteiger charge is -2.36. The summed E-state index contributed by atoms with van der Waals surface area (Å²) in [5.41, 5.74) is 0. The number of hydrogen-bond acceptors (Lipinski definition) is 5. The highest BCUT2D eigenvalue weighted by Crippen LogP contribution is 2.49. The van der Waals surface area contributed by atoms with E-state index in [2.05, 4.69) is 5.10 Å². The molecule has 1 heterocycles. The summed E-state index contributed by atoms with van der Waals surface area (Å²) in [7, 11) is 0. The van der Waals surface area contributed by atoms with Crippen LogP contribution in [0, 0.1) is 10.1 Å². The van der Waals surface area contributed by atoms with Crippen LogP contribution in [0.1, 0.15) is 19.8 Å². The van der Waals surface area contributed by atoms with Crippen molar-refractivity contribution >= 4 is 64.3 Å². The SMILES string of the molecule is CCCCN1N=CN(C(Cl)(Cl)C(Cl)(Cl)Cl)C1[N+](=O)[O-]. The highest BCUT2D eigenvalue weighted by atomic mass is 35.6. The van der Waals surface area contributed by atoms with Crippen LogP contribution in [0.25, 0.3) is 0 Å². The van der Waals surface area contributed by atoms with Gasteiger partial charge in [-0.25, -0.2) is 9.91 Å². The van der Waals surface area contributed by atoms with E-state index in [9.17, 15) is 10.1 Å². The molecule has 0 amide bonds. The number of hydrazone groups is 1. The Morgan fingerprint density at radius 1 is 1.37 bits per heavy atom. The van der Waals surface area contributed by atoms with Gasteiger partial charge in [-0.2, -0.15) is 5.10 Å². The Hall–Kier alpha value is 0.120. The Kier molecular flexibility index (Phi) is 5.66. The van der Waals surface area contributed by atoms with E-state index in [0.717, 1.165) is 24.1 Å². The van der Waals surface area contributed by atoms with Gasteiger partial charge in [0.2, 0.25) is 8.25 Å². The molecule has 0 fully saturated rings. The van der Waals surface area contributed by atoms with Gasteiger partial charge in [0, 0.05) is 6.54 Å². The molecule has 110 valence electrons. The van der Waals surface area contributed by atoms with Gasteiger partial charge in [0.25, 0.3) is 0 Å². The van der Waals surface area contributed by atoms with E-state index < -0.39 is 19.5 Å². The summed E-state index contributed by atoms with van der Waals surface area (Å²) >= 11 is 28.8. The summed E-state index contributed by atoms with van der Waals surface area (Å²) in [4.78, 5) is 11.5. The maximum absolute atomic E-state index is 11.2. The molecule has 19 heavy (non-hydrogen) atoms. The van der Waals surface area contributed by atoms with Crippen LogP contribution < -0.4 is 0 Å². The van der Waals surface area contributed by atoms with Gasteiger partial charge >= 0.3 is 6.29 Å². The molecular weight excluding hydrogens is 361 g/mol. The topological polar surface area (TPSA) is 62.0 Å². The zero-order chi connectivity index (χ0) is 14.8. The number of unbranched alkanes of at least 4 members (excludes halogenated alkanes) is 1. The quantitative estimate of drug-likeness (QED) is 0.321. The highest BCUT2D eigenvalue weighted by Gasteiger charge is 2.58. The lowest BCUT2D eigenvalue weighted by atomic mass is 10.3. The van der Waals surface area contributed by atoms with Crippen molar-refractivity contribution in [2.75, 3.05) is 6.54 Å². The van der Waals surface area contributed by atoms with Crippen LogP contribution in [0.15, 0.2) is 5.10 Å². The van der Waals surface area contributed by atoms with E-state index in [4.69, 9.17) is 58.0 Å². The van der Waals surface area contributed by atoms with Crippen molar-refractivity contribution in [2.24, 2.45) is 5.10 Å². The van der Waals surface area contributed by atoms with Crippen LogP contribution in [-0.4, -0.2) is 42.3 Å². The minimum Gasteiger partial charge on any atom is -0.261 e. The summed E-state index contributed by atoms with van der Waals surface area (Å²) in [5, 5.41) is 16.3. The summed E-state index contributed by atoms with van der Waals surface area (Å²) < 4.78 is -4.25. The van der Waals surface area contributed by atoms with Crippen molar-refractivity contribution in [3.05, 3.63) is 10.1 Å². The Labute approximate surface area is 135 Å². The number of hydrogen-bond donors (Lipinski definition) is 0. The zero-order valence-corrected chi connectivity index (χ0v) is 13.6. The summed E-state index contributed by atoms with van der Waals surface area (Å²) in [6.07, 6.45) is 1.27. The molecule has 0 radical (unpaired) electrons. The molecule has 0 saturated carbocycles. The third-order valence-electron chi connectivity index (χ3n) is 2.43. The molecule has 6 nitrogen and oxygen atoms in total. The molecule has 0 spiro atoms. The van der Waals surface area contributed by atoms with Gasteiger partial charge in [0.1, 0.15) is 6.34 Å². The average Bonchev–Trinajstić information content (AvgIpc) is 2.68. The van der Waals surface area contributed by atoms with Crippen molar-refractivity contribution < 1.29 is 4.92 Å². The highest BCUT2D eigenvalue weighted by molar-refractivity contribution is 6.75. The van der Waals surface area contributed by atoms with Crippen molar-refractivity contribution in [1.82, 2.24) is 9.91 Å². The van der Waals surface area contributed by atoms with Crippen molar-refractivity contribution in [2.45, 2.75) is 34.3 Å². The molecule has 0 bridgehead atoms. The fraction of sp³-hybridized carbons (Fsp3) is 0.875. The van der Waals surface area contributed by atoms with E-state index in [1.54, 1.807) is 0 Å². The first-order valence-electron chi connectivity index (χ1n) is 5.30. The van der Waals surface area contributed by atoms with E-state index in [0.29, 0.717) is 6.54 Å². The lowest BCUT2D eigenvalue weighted by molar-refractivity contribution is -0.572. The lowest BCUT2D eigenvalue weighted by Crippen LogP contribution is -2.57. The van der Waals surface area contributed by atoms with Crippen LogP contribution in [-0.2, 0) is 0 Å². The smallest absolute Gasteiger partial charge is 0.261 e. The molecule has 1 rings (SSSR count). The van der Waals surface area contributed by atoms with Crippen molar-refractivity contribution in [3.63, 3.8) is 0 Å². The molecule has 1 aliphatic heterocycles. The average molecular weight is 372 g/mol. The monoisotopic (exact) mass is 370 g/mol. The summed E-state index contributed by atoms with van der Waals surface area (Å²) in [6, 6.07) is 0. The van der Waals surface area contributed by atoms with Crippen LogP contribution in [0.4, 0.5) is 0 Å². The molecule has 1 unspecified atom stereocenters. The zero-order valence-electron chi connectivity index (χ0n) is 9.77. The van der Waals surface area contributed by atoms with Gasteiger partial charge in [0.05, 0.1) is 4.92 Å². The van der Waals surface area contributed by atoms with Crippen LogP contribution in [0.2, 0.25) is 0 Å². The molecule has 0 aromatic heterocycles. The molecule has 11 heteroatoms. The predicted molar refractivity (Wildman–Crippen MR) is 77.5 cm³/mol. The molecule has 0 aliphatic carbocycles. The van der Waals surface area contributed by atoms with Crippen LogP contribution in [0.3, 0.4) is 0 Å². The first-order valence-corrected chi connectivity index (χ1v) is 7.19. The minimum absolute atomic E-state index is 0.374. The number of nitro groups is 1. The Morgan fingerprint density at radius 3 is 2.37 bits per heavy atom. The number of alkyl halides is 5. The van der Waals surface area contributed by atoms with Gasteiger partial charge in [0.15, 0.2) is 0 Å². The molecule has 1 aliphatic rings. The number of nitrogens with zero attached hydrogens (tertiary/aromatic N) is 4. The number of halogens is 5. The molecule has 0 saturated heterocycles. The third-order valence-corrected chi connectivity index (χ3v) is 4.79. The minimum atomic E-state index is -2.14. The van der Waals surface area contributed by atoms with E-state index in [-0.39, 0.29) is 0 Å². The summed E-state index contributed by atoms with van der Waals surface area (Å²) in [5.74, 6) is 0. The second-order valence-electron chi connectivity index (χ2n) is 3.83. The molecule has 1 atom stereocenters. The van der Waals surface area contributed by atoms with Gasteiger partial charge < -0.3 is 0 Å². The van der Waals surface area contributed by atoms with E-state index in [1.807, 2.05) is 6.92 Å². The summed E-state index contributed by atoms with van der Waals surface area (Å²) in [6.45, 7) is 2.33. The fourth-order valence-corrected chi connectivity index (χ4v) is 2.01. The van der Waals surface area contributed by atoms with Gasteiger partial charge in [-0.05, 0) is 6.42 Å². The van der Waals surface area contributed by atoms with E-state index in [1.165, 1.54) is 5.01 Å². The number of rotatable bonds is 5. The van der Waals surface area contributed by atoms with Crippen LogP contribution in [0.5, 0.6) is 0 Å². The molecular formula is C8H11Cl5N4O2. The standard InChI is InChI=1S/C8H11Cl5N4O2/c1-2-3-4-16-6(17(18)19)15(5-14-16)8(12,13)7(9,10)11/h5-6H,2-4H2,1H3. The normalized spacial score (nSPS) is 20.2. The molecule has 0 aromatic carbocycles. The maximum atomic E-state index is 11.2. The Bertz CT molecular complexity index is 373. The van der Waals surface area contributed by atoms with Crippen molar-refractivity contribution in [3.8, 4) is 0 Å². The third kappa shape index (κ3) is 3.61. The first kappa shape index (κ1) is 17.2. The molecule has 0 N–H and O–H groups in total. The molecule has 0 aromatic rings. The van der Waals surface area contributed by atoms with Gasteiger partial charge in [-0.3, -0.25) is 10.1 Å².